The van der Waals surface area contributed by atoms with Crippen molar-refractivity contribution >= 4 is 12.0 Å². The van der Waals surface area contributed by atoms with Crippen molar-refractivity contribution in [3.05, 3.63) is 0 Å². The Morgan fingerprint density at radius 3 is 2.11 bits per heavy atom. The number of nitrogens with one attached hydrogen (secondary N) is 2. The lowest BCUT2D eigenvalue weighted by atomic mass is 9.90. The van der Waals surface area contributed by atoms with Gasteiger partial charge in [0, 0.05) is 18.5 Å². The summed E-state index contributed by atoms with van der Waals surface area (Å²) in [5.41, 5.74) is -0.131. The summed E-state index contributed by atoms with van der Waals surface area (Å²) in [5.74, 6) is -0.626. The van der Waals surface area contributed by atoms with Gasteiger partial charge in [0.1, 0.15) is 0 Å². The zero-order chi connectivity index (χ0) is 14.9. The van der Waals surface area contributed by atoms with Crippen molar-refractivity contribution in [2.24, 2.45) is 5.92 Å². The van der Waals surface area contributed by atoms with E-state index >= 15 is 0 Å². The van der Waals surface area contributed by atoms with E-state index in [1.54, 1.807) is 0 Å². The lowest BCUT2D eigenvalue weighted by molar-refractivity contribution is -0.137. The molecule has 0 spiro atoms. The second kappa shape index (κ2) is 8.77. The first-order valence-electron chi connectivity index (χ1n) is 7.16. The lowest BCUT2D eigenvalue weighted by Gasteiger charge is -2.32. The van der Waals surface area contributed by atoms with Crippen molar-refractivity contribution in [2.75, 3.05) is 6.54 Å². The number of carboxylic acids is 1. The molecule has 2 amide bonds. The maximum Gasteiger partial charge on any atom is 0.315 e. The molecule has 0 aromatic carbocycles. The quantitative estimate of drug-likeness (QED) is 0.604. The summed E-state index contributed by atoms with van der Waals surface area (Å²) >= 11 is 0. The molecule has 0 radical (unpaired) electrons. The summed E-state index contributed by atoms with van der Waals surface area (Å²) in [6.07, 6.45) is 3.44. The van der Waals surface area contributed by atoms with Crippen LogP contribution in [0.4, 0.5) is 4.79 Å². The molecule has 0 bridgehead atoms. The summed E-state index contributed by atoms with van der Waals surface area (Å²) in [4.78, 5) is 22.3. The molecule has 0 heterocycles. The van der Waals surface area contributed by atoms with E-state index in [9.17, 15) is 9.59 Å². The minimum atomic E-state index is -0.793. The number of hydrogen-bond donors (Lipinski definition) is 3. The van der Waals surface area contributed by atoms with E-state index in [2.05, 4.69) is 31.4 Å². The number of aliphatic carboxylic acids is 1. The molecule has 0 fully saturated rings. The Morgan fingerprint density at radius 1 is 1.16 bits per heavy atom. The molecule has 112 valence electrons. The van der Waals surface area contributed by atoms with E-state index in [0.29, 0.717) is 13.0 Å². The van der Waals surface area contributed by atoms with Gasteiger partial charge in [0.2, 0.25) is 0 Å². The third kappa shape index (κ3) is 7.03. The molecule has 5 nitrogen and oxygen atoms in total. The second-order valence-corrected chi connectivity index (χ2v) is 5.21. The number of carboxylic acid groups (broad SMARTS) is 1. The summed E-state index contributed by atoms with van der Waals surface area (Å²) in [6.45, 7) is 8.66. The Labute approximate surface area is 116 Å². The van der Waals surface area contributed by atoms with E-state index in [-0.39, 0.29) is 23.9 Å². The molecule has 1 atom stereocenters. The molecular formula is C14H28N2O3. The molecule has 0 rings (SSSR count). The first-order chi connectivity index (χ1) is 8.89. The minimum absolute atomic E-state index is 0.131. The van der Waals surface area contributed by atoms with Crippen LogP contribution in [0.3, 0.4) is 0 Å². The van der Waals surface area contributed by atoms with E-state index in [1.807, 2.05) is 6.92 Å². The van der Waals surface area contributed by atoms with Crippen LogP contribution in [0, 0.1) is 5.92 Å². The number of rotatable bonds is 9. The summed E-state index contributed by atoms with van der Waals surface area (Å²) in [5, 5.41) is 14.4. The van der Waals surface area contributed by atoms with Crippen LogP contribution in [0.15, 0.2) is 0 Å². The summed E-state index contributed by atoms with van der Waals surface area (Å²) in [7, 11) is 0. The Kier molecular flexibility index (Phi) is 8.19. The maximum absolute atomic E-state index is 11.8. The third-order valence-corrected chi connectivity index (χ3v) is 3.87. The normalized spacial score (nSPS) is 12.8. The fraction of sp³-hybridized carbons (Fsp3) is 0.857. The van der Waals surface area contributed by atoms with E-state index in [0.717, 1.165) is 19.3 Å². The zero-order valence-corrected chi connectivity index (χ0v) is 12.6. The highest BCUT2D eigenvalue weighted by Gasteiger charge is 2.25. The molecule has 0 aromatic rings. The molecule has 5 heteroatoms. The van der Waals surface area contributed by atoms with Crippen LogP contribution in [0.5, 0.6) is 0 Å². The van der Waals surface area contributed by atoms with Crippen LogP contribution in [-0.4, -0.2) is 29.2 Å². The molecule has 0 saturated heterocycles. The van der Waals surface area contributed by atoms with Crippen molar-refractivity contribution in [3.63, 3.8) is 0 Å². The highest BCUT2D eigenvalue weighted by atomic mass is 16.4. The van der Waals surface area contributed by atoms with Gasteiger partial charge in [0.15, 0.2) is 0 Å². The van der Waals surface area contributed by atoms with Gasteiger partial charge in [-0.15, -0.1) is 0 Å². The standard InChI is InChI=1S/C14H28N2O3/c1-5-14(6-2,7-3)16-13(19)15-10-11(4)8-9-12(17)18/h11H,5-10H2,1-4H3,(H,17,18)(H2,15,16,19). The van der Waals surface area contributed by atoms with Gasteiger partial charge in [0.05, 0.1) is 0 Å². The Bertz CT molecular complexity index is 280. The van der Waals surface area contributed by atoms with Crippen LogP contribution >= 0.6 is 0 Å². The number of amides is 2. The average molecular weight is 272 g/mol. The molecule has 0 aliphatic carbocycles. The minimum Gasteiger partial charge on any atom is -0.481 e. The predicted molar refractivity (Wildman–Crippen MR) is 76.2 cm³/mol. The number of urea groups is 1. The monoisotopic (exact) mass is 272 g/mol. The topological polar surface area (TPSA) is 78.4 Å². The SMILES string of the molecule is CCC(CC)(CC)NC(=O)NCC(C)CCC(=O)O. The maximum atomic E-state index is 11.8. The Hall–Kier alpha value is -1.26. The number of carbonyl (C=O) groups excluding carboxylic acids is 1. The molecule has 0 aromatic heterocycles. The van der Waals surface area contributed by atoms with Crippen molar-refractivity contribution in [2.45, 2.75) is 65.3 Å². The Morgan fingerprint density at radius 2 is 1.68 bits per heavy atom. The van der Waals surface area contributed by atoms with E-state index in [4.69, 9.17) is 5.11 Å². The second-order valence-electron chi connectivity index (χ2n) is 5.21. The molecule has 3 N–H and O–H groups in total. The summed E-state index contributed by atoms with van der Waals surface area (Å²) < 4.78 is 0. The van der Waals surface area contributed by atoms with Crippen LogP contribution in [0.2, 0.25) is 0 Å². The lowest BCUT2D eigenvalue weighted by Crippen LogP contribution is -2.51. The van der Waals surface area contributed by atoms with Gasteiger partial charge in [-0.2, -0.15) is 0 Å². The first-order valence-corrected chi connectivity index (χ1v) is 7.16. The molecule has 0 aliphatic heterocycles. The van der Waals surface area contributed by atoms with Crippen LogP contribution in [-0.2, 0) is 4.79 Å². The van der Waals surface area contributed by atoms with Crippen molar-refractivity contribution in [1.82, 2.24) is 10.6 Å². The van der Waals surface area contributed by atoms with Crippen LogP contribution in [0.25, 0.3) is 0 Å². The number of carbonyl (C=O) groups is 2. The average Bonchev–Trinajstić information content (AvgIpc) is 2.40. The van der Waals surface area contributed by atoms with E-state index in [1.165, 1.54) is 0 Å². The Balaban J connectivity index is 4.07. The van der Waals surface area contributed by atoms with Crippen LogP contribution in [0.1, 0.15) is 59.8 Å². The van der Waals surface area contributed by atoms with Crippen molar-refractivity contribution in [1.29, 1.82) is 0 Å². The first kappa shape index (κ1) is 17.7. The number of hydrogen-bond acceptors (Lipinski definition) is 2. The third-order valence-electron chi connectivity index (χ3n) is 3.87. The largest absolute Gasteiger partial charge is 0.481 e. The molecule has 0 aliphatic rings. The van der Waals surface area contributed by atoms with Crippen molar-refractivity contribution in [3.8, 4) is 0 Å². The summed E-state index contributed by atoms with van der Waals surface area (Å²) in [6, 6.07) is -0.160. The van der Waals surface area contributed by atoms with Gasteiger partial charge in [-0.05, 0) is 31.6 Å². The van der Waals surface area contributed by atoms with Gasteiger partial charge in [-0.25, -0.2) is 4.79 Å². The molecule has 0 saturated carbocycles. The van der Waals surface area contributed by atoms with Gasteiger partial charge in [-0.1, -0.05) is 27.7 Å². The predicted octanol–water partition coefficient (Wildman–Crippen LogP) is 2.76. The van der Waals surface area contributed by atoms with Gasteiger partial charge in [-0.3, -0.25) is 4.79 Å². The zero-order valence-electron chi connectivity index (χ0n) is 12.6. The van der Waals surface area contributed by atoms with Crippen molar-refractivity contribution < 1.29 is 14.7 Å². The van der Waals surface area contributed by atoms with Gasteiger partial charge < -0.3 is 15.7 Å². The molecule has 1 unspecified atom stereocenters. The fourth-order valence-electron chi connectivity index (χ4n) is 2.04. The molecular weight excluding hydrogens is 244 g/mol. The van der Waals surface area contributed by atoms with Crippen LogP contribution < -0.4 is 10.6 Å². The van der Waals surface area contributed by atoms with E-state index < -0.39 is 5.97 Å². The molecule has 19 heavy (non-hydrogen) atoms. The van der Waals surface area contributed by atoms with Gasteiger partial charge >= 0.3 is 12.0 Å². The highest BCUT2D eigenvalue weighted by molar-refractivity contribution is 5.74. The van der Waals surface area contributed by atoms with Gasteiger partial charge in [0.25, 0.3) is 0 Å². The fourth-order valence-corrected chi connectivity index (χ4v) is 2.04. The highest BCUT2D eigenvalue weighted by Crippen LogP contribution is 2.18. The smallest absolute Gasteiger partial charge is 0.315 e.